The van der Waals surface area contributed by atoms with E-state index in [2.05, 4.69) is 11.8 Å². The molecule has 0 spiro atoms. The standard InChI is InChI=1S/C11H19NO3/c1-11-5-4-7(12(11)2)6-8(13)9(11)10(14)15-3/h7-9,13H,4-6H2,1-3H3/t7?,8-,9?,11?/m0/s1. The Balaban J connectivity index is 2.31. The van der Waals surface area contributed by atoms with Gasteiger partial charge in [0.1, 0.15) is 5.92 Å². The van der Waals surface area contributed by atoms with Crippen molar-refractivity contribution in [2.24, 2.45) is 5.92 Å². The fourth-order valence-corrected chi connectivity index (χ4v) is 3.26. The van der Waals surface area contributed by atoms with Gasteiger partial charge in [-0.1, -0.05) is 0 Å². The normalized spacial score (nSPS) is 45.5. The van der Waals surface area contributed by atoms with Gasteiger partial charge >= 0.3 is 5.97 Å². The van der Waals surface area contributed by atoms with Crippen molar-refractivity contribution in [1.82, 2.24) is 4.90 Å². The molecule has 0 amide bonds. The maximum absolute atomic E-state index is 11.7. The largest absolute Gasteiger partial charge is 0.469 e. The van der Waals surface area contributed by atoms with Gasteiger partial charge in [0.25, 0.3) is 0 Å². The lowest BCUT2D eigenvalue weighted by Crippen LogP contribution is -2.59. The van der Waals surface area contributed by atoms with Gasteiger partial charge in [-0.05, 0) is 33.2 Å². The van der Waals surface area contributed by atoms with E-state index in [1.54, 1.807) is 0 Å². The minimum absolute atomic E-state index is 0.227. The Bertz CT molecular complexity index is 281. The Morgan fingerprint density at radius 3 is 2.87 bits per heavy atom. The zero-order valence-corrected chi connectivity index (χ0v) is 9.56. The summed E-state index contributed by atoms with van der Waals surface area (Å²) in [6.07, 6.45) is 2.17. The number of rotatable bonds is 1. The summed E-state index contributed by atoms with van der Waals surface area (Å²) >= 11 is 0. The highest BCUT2D eigenvalue weighted by atomic mass is 16.5. The Labute approximate surface area is 90.2 Å². The Morgan fingerprint density at radius 1 is 1.60 bits per heavy atom. The molecule has 4 nitrogen and oxygen atoms in total. The summed E-state index contributed by atoms with van der Waals surface area (Å²) in [5.74, 6) is -0.677. The number of aliphatic hydroxyl groups excluding tert-OH is 1. The molecule has 2 bridgehead atoms. The van der Waals surface area contributed by atoms with Crippen molar-refractivity contribution in [1.29, 1.82) is 0 Å². The molecule has 4 atom stereocenters. The number of fused-ring (bicyclic) bond motifs is 2. The number of nitrogens with zero attached hydrogens (tertiary/aromatic N) is 1. The summed E-state index contributed by atoms with van der Waals surface area (Å²) in [5.41, 5.74) is -0.227. The number of hydrogen-bond donors (Lipinski definition) is 1. The van der Waals surface area contributed by atoms with Crippen LogP contribution in [-0.2, 0) is 9.53 Å². The first kappa shape index (κ1) is 10.9. The molecule has 1 N–H and O–H groups in total. The quantitative estimate of drug-likeness (QED) is 0.640. The first-order valence-electron chi connectivity index (χ1n) is 5.49. The molecule has 0 saturated carbocycles. The molecule has 0 aromatic rings. The SMILES string of the molecule is COC(=O)C1[C@@H](O)CC2CCC1(C)N2C. The number of aliphatic hydroxyl groups is 1. The molecule has 86 valence electrons. The number of carbonyl (C=O) groups excluding carboxylic acids is 1. The van der Waals surface area contributed by atoms with E-state index in [4.69, 9.17) is 4.74 Å². The van der Waals surface area contributed by atoms with Crippen LogP contribution >= 0.6 is 0 Å². The highest BCUT2D eigenvalue weighted by molar-refractivity contribution is 5.75. The summed E-state index contributed by atoms with van der Waals surface area (Å²) < 4.78 is 4.80. The monoisotopic (exact) mass is 213 g/mol. The lowest BCUT2D eigenvalue weighted by atomic mass is 9.77. The zero-order valence-electron chi connectivity index (χ0n) is 9.56. The van der Waals surface area contributed by atoms with E-state index in [1.807, 2.05) is 7.05 Å². The van der Waals surface area contributed by atoms with Gasteiger partial charge in [-0.3, -0.25) is 9.69 Å². The summed E-state index contributed by atoms with van der Waals surface area (Å²) in [6, 6.07) is 0.422. The van der Waals surface area contributed by atoms with Gasteiger partial charge in [-0.25, -0.2) is 0 Å². The average molecular weight is 213 g/mol. The summed E-state index contributed by atoms with van der Waals surface area (Å²) in [6.45, 7) is 2.05. The van der Waals surface area contributed by atoms with Gasteiger partial charge in [0.15, 0.2) is 0 Å². The topological polar surface area (TPSA) is 49.8 Å². The van der Waals surface area contributed by atoms with Gasteiger partial charge in [0, 0.05) is 11.6 Å². The second-order valence-electron chi connectivity index (χ2n) is 4.96. The van der Waals surface area contributed by atoms with Crippen LogP contribution in [0.3, 0.4) is 0 Å². The smallest absolute Gasteiger partial charge is 0.313 e. The molecule has 0 aromatic heterocycles. The first-order valence-corrected chi connectivity index (χ1v) is 5.49. The third kappa shape index (κ3) is 1.39. The lowest BCUT2D eigenvalue weighted by molar-refractivity contribution is -0.161. The van der Waals surface area contributed by atoms with Crippen LogP contribution in [-0.4, -0.2) is 47.8 Å². The summed E-state index contributed by atoms with van der Waals surface area (Å²) in [4.78, 5) is 13.9. The Hall–Kier alpha value is -0.610. The highest BCUT2D eigenvalue weighted by Gasteiger charge is 2.56. The molecule has 3 unspecified atom stereocenters. The second-order valence-corrected chi connectivity index (χ2v) is 4.96. The van der Waals surface area contributed by atoms with Crippen molar-refractivity contribution < 1.29 is 14.6 Å². The number of ether oxygens (including phenoxy) is 1. The number of carbonyl (C=O) groups is 1. The van der Waals surface area contributed by atoms with Crippen molar-refractivity contribution in [3.05, 3.63) is 0 Å². The predicted octanol–water partition coefficient (Wildman–Crippen LogP) is 0.393. The molecular formula is C11H19NO3. The van der Waals surface area contributed by atoms with Crippen LogP contribution in [0.1, 0.15) is 26.2 Å². The third-order valence-electron chi connectivity index (χ3n) is 4.36. The maximum atomic E-state index is 11.7. The number of piperidine rings is 1. The van der Waals surface area contributed by atoms with E-state index in [1.165, 1.54) is 7.11 Å². The van der Waals surface area contributed by atoms with E-state index in [9.17, 15) is 9.90 Å². The molecule has 2 rings (SSSR count). The predicted molar refractivity (Wildman–Crippen MR) is 55.3 cm³/mol. The molecule has 0 aromatic carbocycles. The van der Waals surface area contributed by atoms with Crippen molar-refractivity contribution >= 4 is 5.97 Å². The van der Waals surface area contributed by atoms with Crippen LogP contribution in [0.25, 0.3) is 0 Å². The molecule has 0 aliphatic carbocycles. The van der Waals surface area contributed by atoms with Gasteiger partial charge in [0.2, 0.25) is 0 Å². The Morgan fingerprint density at radius 2 is 2.27 bits per heavy atom. The number of methoxy groups -OCH3 is 1. The third-order valence-corrected chi connectivity index (χ3v) is 4.36. The number of hydrogen-bond acceptors (Lipinski definition) is 4. The molecule has 0 radical (unpaired) electrons. The van der Waals surface area contributed by atoms with Gasteiger partial charge in [0.05, 0.1) is 13.2 Å². The molecule has 2 heterocycles. The van der Waals surface area contributed by atoms with E-state index >= 15 is 0 Å². The maximum Gasteiger partial charge on any atom is 0.313 e. The minimum Gasteiger partial charge on any atom is -0.469 e. The summed E-state index contributed by atoms with van der Waals surface area (Å²) in [7, 11) is 3.43. The van der Waals surface area contributed by atoms with Crippen LogP contribution in [0.15, 0.2) is 0 Å². The lowest BCUT2D eigenvalue weighted by Gasteiger charge is -2.46. The van der Waals surface area contributed by atoms with Crippen LogP contribution in [0.5, 0.6) is 0 Å². The highest BCUT2D eigenvalue weighted by Crippen LogP contribution is 2.46. The van der Waals surface area contributed by atoms with E-state index in [0.29, 0.717) is 12.5 Å². The fraction of sp³-hybridized carbons (Fsp3) is 0.909. The van der Waals surface area contributed by atoms with E-state index < -0.39 is 12.0 Å². The van der Waals surface area contributed by atoms with E-state index in [-0.39, 0.29) is 11.5 Å². The molecular weight excluding hydrogens is 194 g/mol. The molecule has 4 heteroatoms. The van der Waals surface area contributed by atoms with Crippen LogP contribution in [0.4, 0.5) is 0 Å². The van der Waals surface area contributed by atoms with Crippen LogP contribution in [0.2, 0.25) is 0 Å². The van der Waals surface area contributed by atoms with Crippen molar-refractivity contribution in [3.8, 4) is 0 Å². The molecule has 2 fully saturated rings. The number of esters is 1. The van der Waals surface area contributed by atoms with Crippen molar-refractivity contribution in [2.75, 3.05) is 14.2 Å². The van der Waals surface area contributed by atoms with Gasteiger partial charge in [-0.2, -0.15) is 0 Å². The fourth-order valence-electron chi connectivity index (χ4n) is 3.26. The van der Waals surface area contributed by atoms with Crippen molar-refractivity contribution in [3.63, 3.8) is 0 Å². The van der Waals surface area contributed by atoms with Gasteiger partial charge < -0.3 is 9.84 Å². The van der Waals surface area contributed by atoms with Crippen molar-refractivity contribution in [2.45, 2.75) is 43.9 Å². The van der Waals surface area contributed by atoms with Crippen LogP contribution in [0, 0.1) is 5.92 Å². The summed E-state index contributed by atoms with van der Waals surface area (Å²) in [5, 5.41) is 10.0. The van der Waals surface area contributed by atoms with Crippen LogP contribution < -0.4 is 0 Å². The molecule has 2 saturated heterocycles. The minimum atomic E-state index is -0.550. The van der Waals surface area contributed by atoms with Gasteiger partial charge in [-0.15, -0.1) is 0 Å². The average Bonchev–Trinajstić information content (AvgIpc) is 2.40. The molecule has 15 heavy (non-hydrogen) atoms. The molecule has 2 aliphatic rings. The first-order chi connectivity index (χ1) is 7.00. The second kappa shape index (κ2) is 3.46. The van der Waals surface area contributed by atoms with E-state index in [0.717, 1.165) is 12.8 Å². The molecule has 2 aliphatic heterocycles. The zero-order chi connectivity index (χ0) is 11.2. The Kier molecular flexibility index (Phi) is 2.51.